The van der Waals surface area contributed by atoms with Gasteiger partial charge in [-0.25, -0.2) is 4.39 Å². The van der Waals surface area contributed by atoms with Gasteiger partial charge in [0.15, 0.2) is 5.82 Å². The lowest BCUT2D eigenvalue weighted by Gasteiger charge is -2.33. The zero-order valence-corrected chi connectivity index (χ0v) is 13.4. The first-order chi connectivity index (χ1) is 9.97. The predicted molar refractivity (Wildman–Crippen MR) is 81.6 cm³/mol. The molecule has 112 valence electrons. The SMILES string of the molecule is Cc1cc2c(N3CCN(C)CC3)nc(F)nc2c(F)c1Br. The van der Waals surface area contributed by atoms with Crippen molar-refractivity contribution in [2.75, 3.05) is 38.1 Å². The Morgan fingerprint density at radius 1 is 1.14 bits per heavy atom. The number of nitrogens with zero attached hydrogens (tertiary/aromatic N) is 4. The molecule has 0 N–H and O–H groups in total. The number of likely N-dealkylation sites (N-methyl/N-ethyl adjacent to an activating group) is 1. The van der Waals surface area contributed by atoms with Crippen LogP contribution in [0.15, 0.2) is 10.5 Å². The minimum absolute atomic E-state index is 0.0221. The summed E-state index contributed by atoms with van der Waals surface area (Å²) in [5.74, 6) is -0.0678. The first-order valence-electron chi connectivity index (χ1n) is 6.72. The van der Waals surface area contributed by atoms with Gasteiger partial charge in [0.2, 0.25) is 0 Å². The second-order valence-electron chi connectivity index (χ2n) is 5.32. The summed E-state index contributed by atoms with van der Waals surface area (Å²) in [7, 11) is 2.04. The van der Waals surface area contributed by atoms with Crippen molar-refractivity contribution >= 4 is 32.7 Å². The van der Waals surface area contributed by atoms with E-state index in [-0.39, 0.29) is 5.52 Å². The molecule has 0 saturated carbocycles. The predicted octanol–water partition coefficient (Wildman–Crippen LogP) is 2.73. The molecule has 1 aromatic heterocycles. The number of halogens is 3. The number of hydrogen-bond acceptors (Lipinski definition) is 4. The summed E-state index contributed by atoms with van der Waals surface area (Å²) in [4.78, 5) is 11.7. The van der Waals surface area contributed by atoms with E-state index in [0.29, 0.717) is 15.7 Å². The first kappa shape index (κ1) is 14.6. The van der Waals surface area contributed by atoms with Crippen molar-refractivity contribution in [3.8, 4) is 0 Å². The van der Waals surface area contributed by atoms with Crippen molar-refractivity contribution < 1.29 is 8.78 Å². The molecule has 0 spiro atoms. The molecule has 0 aliphatic carbocycles. The number of hydrogen-bond donors (Lipinski definition) is 0. The van der Waals surface area contributed by atoms with Gasteiger partial charge in [-0.05, 0) is 41.5 Å². The fourth-order valence-corrected chi connectivity index (χ4v) is 2.85. The summed E-state index contributed by atoms with van der Waals surface area (Å²) in [6.07, 6.45) is -0.897. The minimum atomic E-state index is -0.897. The molecule has 2 heterocycles. The van der Waals surface area contributed by atoms with Crippen molar-refractivity contribution in [2.45, 2.75) is 6.92 Å². The second-order valence-corrected chi connectivity index (χ2v) is 6.12. The monoisotopic (exact) mass is 356 g/mol. The molecular weight excluding hydrogens is 342 g/mol. The van der Waals surface area contributed by atoms with E-state index in [4.69, 9.17) is 0 Å². The zero-order chi connectivity index (χ0) is 15.1. The summed E-state index contributed by atoms with van der Waals surface area (Å²) in [6, 6.07) is 1.80. The normalized spacial score (nSPS) is 16.7. The largest absolute Gasteiger partial charge is 0.353 e. The molecule has 3 rings (SSSR count). The van der Waals surface area contributed by atoms with Crippen LogP contribution < -0.4 is 4.90 Å². The Balaban J connectivity index is 2.18. The maximum absolute atomic E-state index is 14.3. The molecular formula is C14H15BrF2N4. The van der Waals surface area contributed by atoms with E-state index in [9.17, 15) is 8.78 Å². The molecule has 1 aliphatic heterocycles. The maximum Gasteiger partial charge on any atom is 0.311 e. The number of piperazine rings is 1. The van der Waals surface area contributed by atoms with Gasteiger partial charge in [-0.1, -0.05) is 0 Å². The van der Waals surface area contributed by atoms with Crippen LogP contribution in [0.3, 0.4) is 0 Å². The van der Waals surface area contributed by atoms with Gasteiger partial charge in [-0.3, -0.25) is 0 Å². The molecule has 4 nitrogen and oxygen atoms in total. The highest BCUT2D eigenvalue weighted by molar-refractivity contribution is 9.10. The standard InChI is InChI=1S/C14H15BrF2N4/c1-8-7-9-12(11(16)10(8)15)18-14(17)19-13(9)21-5-3-20(2)4-6-21/h7H,3-6H2,1-2H3. The lowest BCUT2D eigenvalue weighted by atomic mass is 10.1. The average molecular weight is 357 g/mol. The number of fused-ring (bicyclic) bond motifs is 1. The first-order valence-corrected chi connectivity index (χ1v) is 7.52. The molecule has 0 radical (unpaired) electrons. The van der Waals surface area contributed by atoms with Gasteiger partial charge in [0.05, 0.1) is 4.47 Å². The van der Waals surface area contributed by atoms with Crippen molar-refractivity contribution in [3.63, 3.8) is 0 Å². The quantitative estimate of drug-likeness (QED) is 0.735. The molecule has 2 aromatic rings. The Morgan fingerprint density at radius 3 is 2.48 bits per heavy atom. The Bertz CT molecular complexity index is 699. The van der Waals surface area contributed by atoms with Crippen LogP contribution in [0.25, 0.3) is 10.9 Å². The third-order valence-electron chi connectivity index (χ3n) is 3.81. The van der Waals surface area contributed by atoms with E-state index in [0.717, 1.165) is 31.7 Å². The fourth-order valence-electron chi connectivity index (χ4n) is 2.55. The van der Waals surface area contributed by atoms with Gasteiger partial charge in [0.25, 0.3) is 0 Å². The molecule has 1 saturated heterocycles. The molecule has 0 bridgehead atoms. The van der Waals surface area contributed by atoms with E-state index in [1.165, 1.54) is 0 Å². The highest BCUT2D eigenvalue weighted by Gasteiger charge is 2.22. The van der Waals surface area contributed by atoms with Crippen molar-refractivity contribution in [1.82, 2.24) is 14.9 Å². The number of rotatable bonds is 1. The van der Waals surface area contributed by atoms with Gasteiger partial charge in [0, 0.05) is 31.6 Å². The van der Waals surface area contributed by atoms with E-state index in [1.807, 2.05) is 11.9 Å². The maximum atomic E-state index is 14.3. The lowest BCUT2D eigenvalue weighted by molar-refractivity contribution is 0.312. The van der Waals surface area contributed by atoms with Crippen LogP contribution >= 0.6 is 15.9 Å². The fraction of sp³-hybridized carbons (Fsp3) is 0.429. The topological polar surface area (TPSA) is 32.3 Å². The number of anilines is 1. The molecule has 21 heavy (non-hydrogen) atoms. The summed E-state index contributed by atoms with van der Waals surface area (Å²) in [6.45, 7) is 5.00. The van der Waals surface area contributed by atoms with E-state index in [2.05, 4.69) is 30.8 Å². The van der Waals surface area contributed by atoms with Gasteiger partial charge in [-0.15, -0.1) is 0 Å². The Kier molecular flexibility index (Phi) is 3.79. The summed E-state index contributed by atoms with van der Waals surface area (Å²) in [5, 5.41) is 0.555. The summed E-state index contributed by atoms with van der Waals surface area (Å²) in [5.41, 5.74) is 0.763. The summed E-state index contributed by atoms with van der Waals surface area (Å²) >= 11 is 3.18. The average Bonchev–Trinajstić information content (AvgIpc) is 2.46. The highest BCUT2D eigenvalue weighted by Crippen LogP contribution is 2.32. The van der Waals surface area contributed by atoms with Crippen molar-refractivity contribution in [2.24, 2.45) is 0 Å². The summed E-state index contributed by atoms with van der Waals surface area (Å²) < 4.78 is 28.3. The molecule has 1 fully saturated rings. The number of aromatic nitrogens is 2. The van der Waals surface area contributed by atoms with Gasteiger partial charge >= 0.3 is 6.08 Å². The third-order valence-corrected chi connectivity index (χ3v) is 4.78. The smallest absolute Gasteiger partial charge is 0.311 e. The zero-order valence-electron chi connectivity index (χ0n) is 11.8. The molecule has 0 amide bonds. The van der Waals surface area contributed by atoms with Crippen LogP contribution in [0.1, 0.15) is 5.56 Å². The van der Waals surface area contributed by atoms with Crippen LogP contribution in [0.5, 0.6) is 0 Å². The van der Waals surface area contributed by atoms with Crippen LogP contribution in [-0.2, 0) is 0 Å². The van der Waals surface area contributed by atoms with E-state index >= 15 is 0 Å². The third kappa shape index (κ3) is 2.60. The Morgan fingerprint density at radius 2 is 1.81 bits per heavy atom. The molecule has 0 unspecified atom stereocenters. The molecule has 1 aromatic carbocycles. The van der Waals surface area contributed by atoms with Gasteiger partial charge < -0.3 is 9.80 Å². The second kappa shape index (κ2) is 5.46. The van der Waals surface area contributed by atoms with Crippen LogP contribution in [-0.4, -0.2) is 48.1 Å². The number of benzene rings is 1. The van der Waals surface area contributed by atoms with Crippen LogP contribution in [0.4, 0.5) is 14.6 Å². The minimum Gasteiger partial charge on any atom is -0.353 e. The molecule has 1 aliphatic rings. The van der Waals surface area contributed by atoms with Crippen molar-refractivity contribution in [3.05, 3.63) is 28.0 Å². The van der Waals surface area contributed by atoms with Crippen LogP contribution in [0, 0.1) is 18.8 Å². The highest BCUT2D eigenvalue weighted by atomic mass is 79.9. The Hall–Kier alpha value is -1.34. The van der Waals surface area contributed by atoms with Gasteiger partial charge in [-0.2, -0.15) is 14.4 Å². The lowest BCUT2D eigenvalue weighted by Crippen LogP contribution is -2.45. The number of aryl methyl sites for hydroxylation is 1. The van der Waals surface area contributed by atoms with E-state index in [1.54, 1.807) is 13.0 Å². The Labute approximate surface area is 129 Å². The van der Waals surface area contributed by atoms with Crippen molar-refractivity contribution in [1.29, 1.82) is 0 Å². The molecule has 7 heteroatoms. The van der Waals surface area contributed by atoms with Gasteiger partial charge in [0.1, 0.15) is 11.3 Å². The van der Waals surface area contributed by atoms with Crippen LogP contribution in [0.2, 0.25) is 0 Å². The molecule has 0 atom stereocenters. The van der Waals surface area contributed by atoms with E-state index < -0.39 is 11.9 Å².